The van der Waals surface area contributed by atoms with Crippen molar-refractivity contribution in [2.75, 3.05) is 10.6 Å². The fourth-order valence-electron chi connectivity index (χ4n) is 4.16. The normalized spacial score (nSPS) is 14.1. The Labute approximate surface area is 219 Å². The average molecular weight is 526 g/mol. The second-order valence-corrected chi connectivity index (χ2v) is 9.14. The smallest absolute Gasteiger partial charge is 0.870 e. The molecule has 2 aromatic carbocycles. The quantitative estimate of drug-likeness (QED) is 0.428. The molecule has 0 aromatic heterocycles. The molecule has 8 nitrogen and oxygen atoms in total. The molecule has 0 saturated heterocycles. The van der Waals surface area contributed by atoms with Crippen molar-refractivity contribution in [3.8, 4) is 0 Å². The van der Waals surface area contributed by atoms with E-state index in [2.05, 4.69) is 31.9 Å². The van der Waals surface area contributed by atoms with Gasteiger partial charge in [0.1, 0.15) is 6.04 Å². The Morgan fingerprint density at radius 2 is 1.62 bits per heavy atom. The van der Waals surface area contributed by atoms with Crippen LogP contribution in [0.25, 0.3) is 0 Å². The van der Waals surface area contributed by atoms with Gasteiger partial charge in [0, 0.05) is 10.2 Å². The number of hydrogen-bond donors (Lipinski definition) is 4. The molecule has 1 fully saturated rings. The van der Waals surface area contributed by atoms with Crippen LogP contribution in [0.15, 0.2) is 40.9 Å². The minimum absolute atomic E-state index is 0. The molecule has 3 rings (SSSR count). The van der Waals surface area contributed by atoms with E-state index < -0.39 is 23.9 Å². The number of carboxylic acids is 1. The second-order valence-electron chi connectivity index (χ2n) is 8.22. The number of aliphatic carboxylic acids is 1. The molecule has 2 aromatic rings. The number of para-hydroxylation sites is 1. The number of benzene rings is 2. The van der Waals surface area contributed by atoms with Gasteiger partial charge >= 0.3 is 30.9 Å². The van der Waals surface area contributed by atoms with Crippen molar-refractivity contribution in [3.05, 3.63) is 57.6 Å². The molecule has 178 valence electrons. The molecule has 10 heteroatoms. The molecule has 3 amide bonds. The number of aryl methyl sites for hydroxylation is 2. The Kier molecular flexibility index (Phi) is 11.8. The van der Waals surface area contributed by atoms with Gasteiger partial charge < -0.3 is 26.5 Å². The number of rotatable bonds is 6. The van der Waals surface area contributed by atoms with E-state index in [0.29, 0.717) is 10.2 Å². The molecule has 0 aliphatic heterocycles. The second kappa shape index (κ2) is 13.5. The van der Waals surface area contributed by atoms with Gasteiger partial charge in [-0.2, -0.15) is 0 Å². The monoisotopic (exact) mass is 525 g/mol. The van der Waals surface area contributed by atoms with E-state index in [1.807, 2.05) is 32.0 Å². The third-order valence-corrected chi connectivity index (χ3v) is 6.36. The van der Waals surface area contributed by atoms with Crippen LogP contribution in [-0.2, 0) is 4.79 Å². The number of hydrogen-bond acceptors (Lipinski definition) is 4. The van der Waals surface area contributed by atoms with Crippen LogP contribution >= 0.6 is 15.9 Å². The summed E-state index contributed by atoms with van der Waals surface area (Å²) in [6.45, 7) is 3.80. The molecule has 0 bridgehead atoms. The summed E-state index contributed by atoms with van der Waals surface area (Å²) in [4.78, 5) is 37.6. The summed E-state index contributed by atoms with van der Waals surface area (Å²) in [5, 5.41) is 17.9. The van der Waals surface area contributed by atoms with E-state index in [1.54, 1.807) is 18.2 Å². The molecule has 0 spiro atoms. The van der Waals surface area contributed by atoms with Crippen molar-refractivity contribution in [1.82, 2.24) is 5.32 Å². The Hall–Kier alpha value is -2.31. The van der Waals surface area contributed by atoms with Crippen LogP contribution in [-0.4, -0.2) is 34.5 Å². The van der Waals surface area contributed by atoms with Gasteiger partial charge in [0.05, 0.1) is 11.3 Å². The number of urea groups is 1. The zero-order chi connectivity index (χ0) is 23.3. The van der Waals surface area contributed by atoms with E-state index in [0.717, 1.165) is 43.2 Å². The van der Waals surface area contributed by atoms with Crippen LogP contribution in [0.4, 0.5) is 16.2 Å². The molecule has 1 aliphatic carbocycles. The van der Waals surface area contributed by atoms with Gasteiger partial charge in [0.25, 0.3) is 5.91 Å². The number of halogens is 1. The summed E-state index contributed by atoms with van der Waals surface area (Å²) < 4.78 is 0.679. The number of nitrogens with one attached hydrogen (secondary N) is 3. The van der Waals surface area contributed by atoms with E-state index >= 15 is 0 Å². The summed E-state index contributed by atoms with van der Waals surface area (Å²) in [6.07, 6.45) is 4.58. The summed E-state index contributed by atoms with van der Waals surface area (Å²) in [5.41, 5.74) is 3.03. The average Bonchev–Trinajstić information content (AvgIpc) is 2.75. The van der Waals surface area contributed by atoms with Gasteiger partial charge in [-0.15, -0.1) is 0 Å². The summed E-state index contributed by atoms with van der Waals surface area (Å²) >= 11 is 3.36. The van der Waals surface area contributed by atoms with E-state index in [1.165, 1.54) is 0 Å². The molecular formula is C24H29BrLiN3O5. The van der Waals surface area contributed by atoms with Crippen LogP contribution in [0.5, 0.6) is 0 Å². The van der Waals surface area contributed by atoms with E-state index in [9.17, 15) is 19.5 Å². The first-order valence-corrected chi connectivity index (χ1v) is 11.5. The van der Waals surface area contributed by atoms with Gasteiger partial charge in [-0.25, -0.2) is 9.59 Å². The Morgan fingerprint density at radius 3 is 2.21 bits per heavy atom. The molecule has 34 heavy (non-hydrogen) atoms. The third-order valence-electron chi connectivity index (χ3n) is 5.87. The molecule has 1 aliphatic rings. The topological polar surface area (TPSA) is 138 Å². The molecule has 1 saturated carbocycles. The predicted octanol–water partition coefficient (Wildman–Crippen LogP) is 2.30. The summed E-state index contributed by atoms with van der Waals surface area (Å²) in [6, 6.07) is 9.13. The largest absolute Gasteiger partial charge is 1.00 e. The summed E-state index contributed by atoms with van der Waals surface area (Å²) in [7, 11) is 0. The van der Waals surface area contributed by atoms with Gasteiger partial charge in [0.2, 0.25) is 0 Å². The number of carboxylic acid groups (broad SMARTS) is 1. The van der Waals surface area contributed by atoms with Crippen molar-refractivity contribution in [3.63, 3.8) is 0 Å². The molecule has 1 atom stereocenters. The first-order chi connectivity index (χ1) is 15.3. The van der Waals surface area contributed by atoms with Crippen molar-refractivity contribution in [2.24, 2.45) is 5.92 Å². The number of amides is 3. The summed E-state index contributed by atoms with van der Waals surface area (Å²) in [5.74, 6) is -1.66. The van der Waals surface area contributed by atoms with Crippen molar-refractivity contribution in [2.45, 2.75) is 52.0 Å². The maximum Gasteiger partial charge on any atom is 1.00 e. The Bertz CT molecular complexity index is 1010. The maximum absolute atomic E-state index is 13.0. The van der Waals surface area contributed by atoms with Gasteiger partial charge in [0.15, 0.2) is 0 Å². The van der Waals surface area contributed by atoms with Crippen LogP contribution in [0.1, 0.15) is 53.6 Å². The Morgan fingerprint density at radius 1 is 1.00 bits per heavy atom. The fraction of sp³-hybridized carbons (Fsp3) is 0.375. The minimum Gasteiger partial charge on any atom is -0.870 e. The SMILES string of the molecule is Cc1cccc(C)c1NC(=O)Nc1cc(Br)ccc1C(=O)N[C@H](C(=O)O)C1CCCCC1.[Li+].[OH-]. The molecule has 0 unspecified atom stereocenters. The van der Waals surface area contributed by atoms with E-state index in [4.69, 9.17) is 0 Å². The van der Waals surface area contributed by atoms with Crippen molar-refractivity contribution < 1.29 is 43.8 Å². The zero-order valence-corrected chi connectivity index (χ0v) is 21.2. The third kappa shape index (κ3) is 7.60. The van der Waals surface area contributed by atoms with Crippen molar-refractivity contribution in [1.29, 1.82) is 0 Å². The van der Waals surface area contributed by atoms with Crippen LogP contribution in [0, 0.1) is 19.8 Å². The zero-order valence-electron chi connectivity index (χ0n) is 19.7. The van der Waals surface area contributed by atoms with Crippen LogP contribution < -0.4 is 34.8 Å². The van der Waals surface area contributed by atoms with Crippen LogP contribution in [0.3, 0.4) is 0 Å². The van der Waals surface area contributed by atoms with Gasteiger partial charge in [-0.05, 0) is 61.9 Å². The van der Waals surface area contributed by atoms with Crippen LogP contribution in [0.2, 0.25) is 0 Å². The van der Waals surface area contributed by atoms with Gasteiger partial charge in [-0.1, -0.05) is 53.4 Å². The Balaban J connectivity index is 0.00000289. The molecule has 0 radical (unpaired) electrons. The van der Waals surface area contributed by atoms with Gasteiger partial charge in [-0.3, -0.25) is 4.79 Å². The maximum atomic E-state index is 13.0. The van der Waals surface area contributed by atoms with Crippen molar-refractivity contribution >= 4 is 45.2 Å². The molecule has 5 N–H and O–H groups in total. The number of anilines is 2. The first-order valence-electron chi connectivity index (χ1n) is 10.7. The first kappa shape index (κ1) is 29.7. The molecule has 0 heterocycles. The number of carbonyl (C=O) groups excluding carboxylic acids is 2. The number of carbonyl (C=O) groups is 3. The standard InChI is InChI=1S/C24H28BrN3O4.Li.H2O/c1-14-7-6-8-15(2)20(14)28-24(32)26-19-13-17(25)11-12-18(19)22(29)27-21(23(30)31)16-9-4-3-5-10-16;;/h6-8,11-13,16,21H,3-5,9-10H2,1-2H3,(H,27,29)(H,30,31)(H2,26,28,32);;1H2/q;+1;/p-1/t21-;;/m0../s1. The molecular weight excluding hydrogens is 497 g/mol. The minimum atomic E-state index is -1.04. The predicted molar refractivity (Wildman–Crippen MR) is 130 cm³/mol. The van der Waals surface area contributed by atoms with E-state index in [-0.39, 0.29) is 41.5 Å². The fourth-order valence-corrected chi connectivity index (χ4v) is 4.53.